The van der Waals surface area contributed by atoms with Crippen LogP contribution in [-0.2, 0) is 14.3 Å². The van der Waals surface area contributed by atoms with E-state index in [1.54, 1.807) is 13.2 Å². The molecule has 1 fully saturated rings. The minimum atomic E-state index is -0.0773. The highest BCUT2D eigenvalue weighted by Gasteiger charge is 2.27. The van der Waals surface area contributed by atoms with Gasteiger partial charge in [-0.3, -0.25) is 9.59 Å². The summed E-state index contributed by atoms with van der Waals surface area (Å²) in [5.41, 5.74) is 0. The van der Waals surface area contributed by atoms with Gasteiger partial charge in [0.05, 0.1) is 5.75 Å². The van der Waals surface area contributed by atoms with Crippen molar-refractivity contribution in [3.8, 4) is 0 Å². The van der Waals surface area contributed by atoms with Crippen LogP contribution in [0.4, 0.5) is 5.82 Å². The molecular formula is C18H28ClN5O3S. The Bertz CT molecular complexity index is 679. The van der Waals surface area contributed by atoms with E-state index in [9.17, 15) is 9.59 Å². The fourth-order valence-electron chi connectivity index (χ4n) is 2.98. The molecule has 1 saturated heterocycles. The third-order valence-corrected chi connectivity index (χ3v) is 5.46. The lowest BCUT2D eigenvalue weighted by molar-refractivity contribution is -0.133. The van der Waals surface area contributed by atoms with Gasteiger partial charge in [-0.15, -0.1) is 0 Å². The number of rotatable bonds is 9. The highest BCUT2D eigenvalue weighted by Crippen LogP contribution is 2.24. The number of piperazine rings is 1. The highest BCUT2D eigenvalue weighted by molar-refractivity contribution is 7.99. The van der Waals surface area contributed by atoms with Gasteiger partial charge in [0.25, 0.3) is 0 Å². The molecule has 1 N–H and O–H groups in total. The van der Waals surface area contributed by atoms with Crippen LogP contribution in [0.1, 0.15) is 26.7 Å². The van der Waals surface area contributed by atoms with Gasteiger partial charge in [0.15, 0.2) is 5.16 Å². The molecule has 1 aromatic rings. The number of thioether (sulfide) groups is 1. The number of carbonyl (C=O) groups is 2. The molecule has 0 saturated carbocycles. The third-order valence-electron chi connectivity index (χ3n) is 4.41. The smallest absolute Gasteiger partial charge is 0.230 e. The number of hydrogen-bond acceptors (Lipinski definition) is 7. The Labute approximate surface area is 175 Å². The summed E-state index contributed by atoms with van der Waals surface area (Å²) in [6, 6.07) is 1.82. The molecule has 2 rings (SSSR count). The predicted molar refractivity (Wildman–Crippen MR) is 111 cm³/mol. The monoisotopic (exact) mass is 429 g/mol. The van der Waals surface area contributed by atoms with Gasteiger partial charge < -0.3 is 19.9 Å². The second kappa shape index (κ2) is 11.4. The molecule has 2 heterocycles. The standard InChI is InChI=1S/C18H28ClN5O3S/c1-4-17(26)24-8-7-23(11-13(24)2)15-10-14(19)21-18(22-15)28-12-16(25)20-6-5-9-27-3/h10,13H,4-9,11-12H2,1-3H3,(H,20,25). The SMILES string of the molecule is CCC(=O)N1CCN(c2cc(Cl)nc(SCC(=O)NCCCOC)n2)CC1C. The Morgan fingerprint density at radius 2 is 2.18 bits per heavy atom. The maximum absolute atomic E-state index is 12.0. The second-order valence-electron chi connectivity index (χ2n) is 6.55. The topological polar surface area (TPSA) is 87.7 Å². The van der Waals surface area contributed by atoms with Crippen molar-refractivity contribution in [2.75, 3.05) is 50.5 Å². The lowest BCUT2D eigenvalue weighted by Crippen LogP contribution is -2.54. The third kappa shape index (κ3) is 6.79. The number of amides is 2. The average Bonchev–Trinajstić information content (AvgIpc) is 2.68. The van der Waals surface area contributed by atoms with Crippen molar-refractivity contribution in [3.63, 3.8) is 0 Å². The highest BCUT2D eigenvalue weighted by atomic mass is 35.5. The van der Waals surface area contributed by atoms with Crippen molar-refractivity contribution >= 4 is 41.0 Å². The molecule has 0 radical (unpaired) electrons. The Kier molecular flexibility index (Phi) is 9.27. The second-order valence-corrected chi connectivity index (χ2v) is 7.88. The fraction of sp³-hybridized carbons (Fsp3) is 0.667. The molecule has 0 spiro atoms. The first-order chi connectivity index (χ1) is 13.4. The number of anilines is 1. The van der Waals surface area contributed by atoms with Crippen LogP contribution < -0.4 is 10.2 Å². The summed E-state index contributed by atoms with van der Waals surface area (Å²) in [5, 5.41) is 3.64. The molecule has 1 aliphatic heterocycles. The average molecular weight is 430 g/mol. The number of nitrogens with one attached hydrogen (secondary N) is 1. The lowest BCUT2D eigenvalue weighted by Gasteiger charge is -2.40. The van der Waals surface area contributed by atoms with Gasteiger partial charge in [-0.1, -0.05) is 30.3 Å². The van der Waals surface area contributed by atoms with E-state index in [1.807, 2.05) is 18.7 Å². The maximum Gasteiger partial charge on any atom is 0.230 e. The minimum Gasteiger partial charge on any atom is -0.385 e. The first-order valence-electron chi connectivity index (χ1n) is 9.42. The van der Waals surface area contributed by atoms with Crippen LogP contribution in [0.3, 0.4) is 0 Å². The fourth-order valence-corrected chi connectivity index (χ4v) is 3.89. The Balaban J connectivity index is 1.92. The zero-order valence-electron chi connectivity index (χ0n) is 16.6. The van der Waals surface area contributed by atoms with Gasteiger partial charge in [0, 0.05) is 58.4 Å². The number of nitrogens with zero attached hydrogens (tertiary/aromatic N) is 4. The Morgan fingerprint density at radius 3 is 2.86 bits per heavy atom. The first-order valence-corrected chi connectivity index (χ1v) is 10.8. The molecule has 10 heteroatoms. The van der Waals surface area contributed by atoms with Crippen LogP contribution in [0.15, 0.2) is 11.2 Å². The van der Waals surface area contributed by atoms with Gasteiger partial charge in [0.2, 0.25) is 11.8 Å². The molecule has 0 bridgehead atoms. The number of halogens is 1. The summed E-state index contributed by atoms with van der Waals surface area (Å²) in [5.74, 6) is 1.03. The number of carbonyl (C=O) groups excluding carboxylic acids is 2. The van der Waals surface area contributed by atoms with E-state index >= 15 is 0 Å². The summed E-state index contributed by atoms with van der Waals surface area (Å²) in [7, 11) is 1.63. The first kappa shape index (κ1) is 22.7. The van der Waals surface area contributed by atoms with E-state index in [2.05, 4.69) is 20.2 Å². The van der Waals surface area contributed by atoms with E-state index in [-0.39, 0.29) is 23.6 Å². The van der Waals surface area contributed by atoms with E-state index < -0.39 is 0 Å². The van der Waals surface area contributed by atoms with Crippen molar-refractivity contribution in [1.29, 1.82) is 0 Å². The quantitative estimate of drug-likeness (QED) is 0.277. The normalized spacial score (nSPS) is 16.9. The predicted octanol–water partition coefficient (Wildman–Crippen LogP) is 1.82. The van der Waals surface area contributed by atoms with Crippen LogP contribution in [0, 0.1) is 0 Å². The summed E-state index contributed by atoms with van der Waals surface area (Å²) in [4.78, 5) is 36.7. The zero-order chi connectivity index (χ0) is 20.5. The largest absolute Gasteiger partial charge is 0.385 e. The minimum absolute atomic E-state index is 0.0773. The van der Waals surface area contributed by atoms with E-state index in [1.165, 1.54) is 11.8 Å². The molecular weight excluding hydrogens is 402 g/mol. The van der Waals surface area contributed by atoms with Crippen molar-refractivity contribution < 1.29 is 14.3 Å². The summed E-state index contributed by atoms with van der Waals surface area (Å²) in [6.45, 7) is 7.13. The molecule has 2 amide bonds. The maximum atomic E-state index is 12.0. The zero-order valence-corrected chi connectivity index (χ0v) is 18.2. The van der Waals surface area contributed by atoms with Crippen LogP contribution in [0.25, 0.3) is 0 Å². The molecule has 0 aromatic carbocycles. The van der Waals surface area contributed by atoms with Crippen molar-refractivity contribution in [1.82, 2.24) is 20.2 Å². The van der Waals surface area contributed by atoms with E-state index in [0.717, 1.165) is 12.2 Å². The van der Waals surface area contributed by atoms with Crippen molar-refractivity contribution in [2.24, 2.45) is 0 Å². The van der Waals surface area contributed by atoms with Crippen LogP contribution in [-0.4, -0.2) is 78.4 Å². The van der Waals surface area contributed by atoms with E-state index in [0.29, 0.717) is 49.5 Å². The summed E-state index contributed by atoms with van der Waals surface area (Å²) >= 11 is 7.42. The number of methoxy groups -OCH3 is 1. The van der Waals surface area contributed by atoms with Crippen LogP contribution in [0.2, 0.25) is 5.15 Å². The molecule has 156 valence electrons. The molecule has 0 aliphatic carbocycles. The molecule has 1 aliphatic rings. The van der Waals surface area contributed by atoms with Crippen molar-refractivity contribution in [2.45, 2.75) is 37.9 Å². The van der Waals surface area contributed by atoms with Gasteiger partial charge in [-0.2, -0.15) is 0 Å². The molecule has 28 heavy (non-hydrogen) atoms. The Morgan fingerprint density at radius 1 is 1.39 bits per heavy atom. The van der Waals surface area contributed by atoms with Crippen molar-refractivity contribution in [3.05, 3.63) is 11.2 Å². The number of aromatic nitrogens is 2. The molecule has 1 unspecified atom stereocenters. The number of ether oxygens (including phenoxy) is 1. The van der Waals surface area contributed by atoms with Gasteiger partial charge in [-0.05, 0) is 13.3 Å². The van der Waals surface area contributed by atoms with E-state index in [4.69, 9.17) is 16.3 Å². The molecule has 1 atom stereocenters. The number of hydrogen-bond donors (Lipinski definition) is 1. The Hall–Kier alpha value is -1.58. The summed E-state index contributed by atoms with van der Waals surface area (Å²) in [6.07, 6.45) is 1.29. The summed E-state index contributed by atoms with van der Waals surface area (Å²) < 4.78 is 4.95. The van der Waals surface area contributed by atoms with Crippen LogP contribution >= 0.6 is 23.4 Å². The lowest BCUT2D eigenvalue weighted by atomic mass is 10.1. The van der Waals surface area contributed by atoms with Gasteiger partial charge in [-0.25, -0.2) is 9.97 Å². The van der Waals surface area contributed by atoms with Crippen LogP contribution in [0.5, 0.6) is 0 Å². The molecule has 8 nitrogen and oxygen atoms in total. The van der Waals surface area contributed by atoms with Gasteiger partial charge >= 0.3 is 0 Å². The molecule has 1 aromatic heterocycles. The van der Waals surface area contributed by atoms with Gasteiger partial charge in [0.1, 0.15) is 11.0 Å².